The topological polar surface area (TPSA) is 6.48 Å². The van der Waals surface area contributed by atoms with Crippen molar-refractivity contribution in [2.45, 2.75) is 25.3 Å². The summed E-state index contributed by atoms with van der Waals surface area (Å²) in [5, 5.41) is 0. The first kappa shape index (κ1) is 13.2. The number of piperidine rings is 1. The minimum Gasteiger partial charge on any atom is -0.372 e. The van der Waals surface area contributed by atoms with E-state index in [2.05, 4.69) is 53.8 Å². The van der Waals surface area contributed by atoms with E-state index >= 15 is 0 Å². The molecule has 0 radical (unpaired) electrons. The second kappa shape index (κ2) is 6.60. The van der Waals surface area contributed by atoms with Crippen LogP contribution in [0, 0.1) is 0 Å². The van der Waals surface area contributed by atoms with E-state index in [0.29, 0.717) is 6.04 Å². The predicted molar refractivity (Wildman–Crippen MR) is 79.1 cm³/mol. The molecule has 98 valence electrons. The summed E-state index contributed by atoms with van der Waals surface area (Å²) in [6.07, 6.45) is 5.66. The van der Waals surface area contributed by atoms with E-state index < -0.39 is 0 Å². The molecule has 2 nitrogen and oxygen atoms in total. The molecule has 0 unspecified atom stereocenters. The molecule has 0 N–H and O–H groups in total. The van der Waals surface area contributed by atoms with Gasteiger partial charge in [0.2, 0.25) is 0 Å². The number of rotatable bonds is 5. The molecule has 0 bridgehead atoms. The quantitative estimate of drug-likeness (QED) is 0.734. The van der Waals surface area contributed by atoms with Gasteiger partial charge in [0.25, 0.3) is 0 Å². The van der Waals surface area contributed by atoms with Crippen molar-refractivity contribution in [3.05, 3.63) is 43.0 Å². The average molecular weight is 244 g/mol. The van der Waals surface area contributed by atoms with E-state index in [0.717, 1.165) is 6.42 Å². The molecule has 1 aliphatic rings. The average Bonchev–Trinajstić information content (AvgIpc) is 2.46. The van der Waals surface area contributed by atoms with Crippen LogP contribution in [-0.2, 0) is 0 Å². The minimum absolute atomic E-state index is 0.687. The Bertz CT molecular complexity index is 353. The molecular formula is C16H24N2. The number of hydrogen-bond acceptors (Lipinski definition) is 2. The number of likely N-dealkylation sites (tertiary alicyclic amines) is 1. The van der Waals surface area contributed by atoms with Gasteiger partial charge in [-0.3, -0.25) is 0 Å². The summed E-state index contributed by atoms with van der Waals surface area (Å²) in [4.78, 5) is 4.99. The van der Waals surface area contributed by atoms with Crippen LogP contribution in [-0.4, -0.2) is 37.6 Å². The molecule has 1 aromatic carbocycles. The van der Waals surface area contributed by atoms with Gasteiger partial charge in [-0.2, -0.15) is 0 Å². The van der Waals surface area contributed by atoms with Gasteiger partial charge in [0, 0.05) is 38.4 Å². The number of anilines is 1. The van der Waals surface area contributed by atoms with Crippen molar-refractivity contribution in [2.24, 2.45) is 0 Å². The lowest BCUT2D eigenvalue weighted by molar-refractivity contribution is 0.214. The lowest BCUT2D eigenvalue weighted by Crippen LogP contribution is -2.43. The molecule has 0 saturated carbocycles. The molecule has 1 saturated heterocycles. The predicted octanol–water partition coefficient (Wildman–Crippen LogP) is 3.16. The highest BCUT2D eigenvalue weighted by Crippen LogP contribution is 2.21. The van der Waals surface area contributed by atoms with E-state index in [1.54, 1.807) is 0 Å². The lowest BCUT2D eigenvalue weighted by Gasteiger charge is -2.37. The fraction of sp³-hybridized carbons (Fsp3) is 0.500. The van der Waals surface area contributed by atoms with Gasteiger partial charge < -0.3 is 9.80 Å². The summed E-state index contributed by atoms with van der Waals surface area (Å²) in [6.45, 7) is 7.40. The lowest BCUT2D eigenvalue weighted by atomic mass is 10.0. The van der Waals surface area contributed by atoms with Gasteiger partial charge in [-0.15, -0.1) is 6.58 Å². The monoisotopic (exact) mass is 244 g/mol. The van der Waals surface area contributed by atoms with Crippen molar-refractivity contribution in [3.63, 3.8) is 0 Å². The molecule has 18 heavy (non-hydrogen) atoms. The summed E-state index contributed by atoms with van der Waals surface area (Å²) in [5.41, 5.74) is 1.34. The van der Waals surface area contributed by atoms with Gasteiger partial charge in [-0.25, -0.2) is 0 Å². The van der Waals surface area contributed by atoms with Crippen molar-refractivity contribution in [2.75, 3.05) is 31.6 Å². The first-order valence-corrected chi connectivity index (χ1v) is 6.92. The third kappa shape index (κ3) is 3.36. The van der Waals surface area contributed by atoms with Crippen LogP contribution in [0.4, 0.5) is 5.69 Å². The Morgan fingerprint density at radius 1 is 1.28 bits per heavy atom. The highest BCUT2D eigenvalue weighted by Gasteiger charge is 2.21. The van der Waals surface area contributed by atoms with Gasteiger partial charge >= 0.3 is 0 Å². The van der Waals surface area contributed by atoms with Gasteiger partial charge in [0.05, 0.1) is 0 Å². The summed E-state index contributed by atoms with van der Waals surface area (Å²) in [5.74, 6) is 0. The van der Waals surface area contributed by atoms with Crippen molar-refractivity contribution >= 4 is 5.69 Å². The molecule has 1 fully saturated rings. The number of nitrogens with zero attached hydrogens (tertiary/aromatic N) is 2. The summed E-state index contributed by atoms with van der Waals surface area (Å²) in [7, 11) is 2.22. The second-order valence-corrected chi connectivity index (χ2v) is 5.10. The highest BCUT2D eigenvalue weighted by molar-refractivity contribution is 5.46. The van der Waals surface area contributed by atoms with E-state index in [1.165, 1.54) is 38.2 Å². The van der Waals surface area contributed by atoms with Gasteiger partial charge in [0.1, 0.15) is 0 Å². The largest absolute Gasteiger partial charge is 0.372 e. The van der Waals surface area contributed by atoms with Crippen LogP contribution >= 0.6 is 0 Å². The Morgan fingerprint density at radius 2 is 1.94 bits per heavy atom. The number of para-hydroxylation sites is 1. The Kier molecular flexibility index (Phi) is 4.82. The smallest absolute Gasteiger partial charge is 0.0366 e. The fourth-order valence-electron chi connectivity index (χ4n) is 2.68. The van der Waals surface area contributed by atoms with Crippen LogP contribution in [0.5, 0.6) is 0 Å². The molecule has 0 aromatic heterocycles. The molecule has 2 heteroatoms. The van der Waals surface area contributed by atoms with Crippen LogP contribution in [0.25, 0.3) is 0 Å². The van der Waals surface area contributed by atoms with Gasteiger partial charge in [0.15, 0.2) is 0 Å². The molecule has 0 aliphatic carbocycles. The van der Waals surface area contributed by atoms with Crippen LogP contribution in [0.15, 0.2) is 43.0 Å². The van der Waals surface area contributed by atoms with Gasteiger partial charge in [-0.05, 0) is 31.4 Å². The van der Waals surface area contributed by atoms with Crippen molar-refractivity contribution in [1.29, 1.82) is 0 Å². The molecule has 1 aromatic rings. The number of hydrogen-bond donors (Lipinski definition) is 0. The maximum Gasteiger partial charge on any atom is 0.0366 e. The van der Waals surface area contributed by atoms with E-state index in [4.69, 9.17) is 0 Å². The number of benzene rings is 1. The summed E-state index contributed by atoms with van der Waals surface area (Å²) in [6, 6.07) is 11.4. The summed E-state index contributed by atoms with van der Waals surface area (Å²) >= 11 is 0. The fourth-order valence-corrected chi connectivity index (χ4v) is 2.68. The van der Waals surface area contributed by atoms with Crippen LogP contribution in [0.2, 0.25) is 0 Å². The normalized spacial score (nSPS) is 17.6. The Labute approximate surface area is 111 Å². The molecule has 1 heterocycles. The van der Waals surface area contributed by atoms with Gasteiger partial charge in [-0.1, -0.05) is 24.3 Å². The third-order valence-corrected chi connectivity index (χ3v) is 3.92. The SMILES string of the molecule is C=CCCN1CCC(N(C)c2ccccc2)CC1. The standard InChI is InChI=1S/C16H24N2/c1-3-4-12-18-13-10-16(11-14-18)17(2)15-8-6-5-7-9-15/h3,5-9,16H,1,4,10-14H2,2H3. The van der Waals surface area contributed by atoms with E-state index in [-0.39, 0.29) is 0 Å². The zero-order valence-electron chi connectivity index (χ0n) is 11.4. The van der Waals surface area contributed by atoms with Crippen molar-refractivity contribution in [1.82, 2.24) is 4.90 Å². The Hall–Kier alpha value is -1.28. The van der Waals surface area contributed by atoms with Crippen LogP contribution in [0.1, 0.15) is 19.3 Å². The first-order chi connectivity index (χ1) is 8.81. The zero-order valence-corrected chi connectivity index (χ0v) is 11.4. The molecule has 0 spiro atoms. The minimum atomic E-state index is 0.687. The maximum atomic E-state index is 3.79. The highest BCUT2D eigenvalue weighted by atomic mass is 15.2. The zero-order chi connectivity index (χ0) is 12.8. The molecule has 0 atom stereocenters. The van der Waals surface area contributed by atoms with Crippen molar-refractivity contribution < 1.29 is 0 Å². The van der Waals surface area contributed by atoms with E-state index in [1.807, 2.05) is 6.08 Å². The van der Waals surface area contributed by atoms with Crippen molar-refractivity contribution in [3.8, 4) is 0 Å². The molecule has 0 amide bonds. The molecular weight excluding hydrogens is 220 g/mol. The maximum absolute atomic E-state index is 3.79. The third-order valence-electron chi connectivity index (χ3n) is 3.92. The molecule has 2 rings (SSSR count). The Balaban J connectivity index is 1.84. The van der Waals surface area contributed by atoms with E-state index in [9.17, 15) is 0 Å². The Morgan fingerprint density at radius 3 is 2.56 bits per heavy atom. The second-order valence-electron chi connectivity index (χ2n) is 5.10. The van der Waals surface area contributed by atoms with Crippen LogP contribution < -0.4 is 4.90 Å². The first-order valence-electron chi connectivity index (χ1n) is 6.92. The molecule has 1 aliphatic heterocycles. The summed E-state index contributed by atoms with van der Waals surface area (Å²) < 4.78 is 0. The van der Waals surface area contributed by atoms with Crippen LogP contribution in [0.3, 0.4) is 0 Å².